The van der Waals surface area contributed by atoms with Crippen LogP contribution in [0.4, 0.5) is 0 Å². The maximum absolute atomic E-state index is 12.5. The number of benzene rings is 1. The van der Waals surface area contributed by atoms with E-state index in [1.165, 1.54) is 40.2 Å². The molecule has 28 heavy (non-hydrogen) atoms. The largest absolute Gasteiger partial charge is 0.477 e. The van der Waals surface area contributed by atoms with E-state index in [2.05, 4.69) is 5.32 Å². The van der Waals surface area contributed by atoms with Crippen LogP contribution in [0.15, 0.2) is 33.7 Å². The molecule has 0 aromatic heterocycles. The lowest BCUT2D eigenvalue weighted by Gasteiger charge is -2.49. The van der Waals surface area contributed by atoms with Crippen molar-refractivity contribution in [1.29, 1.82) is 0 Å². The Morgan fingerprint density at radius 2 is 2.07 bits per heavy atom. The minimum absolute atomic E-state index is 0.0509. The highest BCUT2D eigenvalue weighted by molar-refractivity contribution is 8.07. The number of nitrogens with zero attached hydrogens (tertiary/aromatic N) is 1. The number of hydrogen-bond donors (Lipinski definition) is 2. The highest BCUT2D eigenvalue weighted by Crippen LogP contribution is 2.43. The molecule has 0 aliphatic carbocycles. The molecule has 0 spiro atoms. The van der Waals surface area contributed by atoms with Crippen molar-refractivity contribution in [3.63, 3.8) is 0 Å². The van der Waals surface area contributed by atoms with Gasteiger partial charge in [-0.05, 0) is 18.2 Å². The second-order valence-corrected chi connectivity index (χ2v) is 10.3. The summed E-state index contributed by atoms with van der Waals surface area (Å²) in [6, 6.07) is 4.20. The maximum atomic E-state index is 12.5. The van der Waals surface area contributed by atoms with E-state index in [-0.39, 0.29) is 22.6 Å². The minimum atomic E-state index is -1.18. The number of nitrogens with one attached hydrogen (secondary N) is 1. The summed E-state index contributed by atoms with van der Waals surface area (Å²) in [5.41, 5.74) is -0.0509. The van der Waals surface area contributed by atoms with Gasteiger partial charge in [-0.25, -0.2) is 4.79 Å². The summed E-state index contributed by atoms with van der Waals surface area (Å²) in [6.45, 7) is 0. The number of carboxylic acid groups (broad SMARTS) is 1. The Kier molecular flexibility index (Phi) is 7.38. The molecule has 2 amide bonds. The number of fused-ring (bicyclic) bond motifs is 1. The zero-order chi connectivity index (χ0) is 20.4. The molecule has 0 unspecified atom stereocenters. The molecule has 1 aromatic carbocycles. The Morgan fingerprint density at radius 1 is 1.32 bits per heavy atom. The highest BCUT2D eigenvalue weighted by Gasteiger charge is 2.54. The van der Waals surface area contributed by atoms with Crippen molar-refractivity contribution < 1.29 is 19.5 Å². The number of carbonyl (C=O) groups excluding carboxylic acids is 2. The smallest absolute Gasteiger partial charge is 0.353 e. The summed E-state index contributed by atoms with van der Waals surface area (Å²) in [6.07, 6.45) is 0. The van der Waals surface area contributed by atoms with Crippen molar-refractivity contribution in [3.8, 4) is 0 Å². The number of thioether (sulfide) groups is 3. The van der Waals surface area contributed by atoms with E-state index in [4.69, 9.17) is 34.8 Å². The summed E-state index contributed by atoms with van der Waals surface area (Å²) in [4.78, 5) is 38.8. The van der Waals surface area contributed by atoms with Crippen molar-refractivity contribution in [2.24, 2.45) is 0 Å². The zero-order valence-corrected chi connectivity index (χ0v) is 18.7. The van der Waals surface area contributed by atoms with E-state index in [0.29, 0.717) is 25.6 Å². The molecule has 2 N–H and O–H groups in total. The van der Waals surface area contributed by atoms with Crippen molar-refractivity contribution >= 4 is 87.9 Å². The van der Waals surface area contributed by atoms with Crippen LogP contribution < -0.4 is 5.32 Å². The first kappa shape index (κ1) is 22.0. The lowest BCUT2D eigenvalue weighted by Crippen LogP contribution is -2.70. The predicted molar refractivity (Wildman–Crippen MR) is 115 cm³/mol. The average Bonchev–Trinajstić information content (AvgIpc) is 2.66. The van der Waals surface area contributed by atoms with Crippen LogP contribution in [-0.2, 0) is 14.4 Å². The minimum Gasteiger partial charge on any atom is -0.477 e. The first-order valence-corrected chi connectivity index (χ1v) is 12.1. The monoisotopic (exact) mass is 498 g/mol. The lowest BCUT2D eigenvalue weighted by molar-refractivity contribution is -0.150. The van der Waals surface area contributed by atoms with E-state index in [0.717, 1.165) is 0 Å². The van der Waals surface area contributed by atoms with Crippen LogP contribution in [0, 0.1) is 0 Å². The molecule has 150 valence electrons. The first-order chi connectivity index (χ1) is 13.3. The van der Waals surface area contributed by atoms with Gasteiger partial charge >= 0.3 is 5.97 Å². The Balaban J connectivity index is 1.62. The van der Waals surface area contributed by atoms with Crippen LogP contribution in [0.25, 0.3) is 0 Å². The van der Waals surface area contributed by atoms with Crippen LogP contribution in [-0.4, -0.2) is 55.9 Å². The molecule has 1 fully saturated rings. The Labute approximate surface area is 188 Å². The molecular weight excluding hydrogens is 487 g/mol. The predicted octanol–water partition coefficient (Wildman–Crippen LogP) is 3.71. The van der Waals surface area contributed by atoms with E-state index in [1.807, 2.05) is 0 Å². The molecule has 6 nitrogen and oxygen atoms in total. The number of β-lactam (4-membered cyclic amide) rings is 1. The van der Waals surface area contributed by atoms with Crippen LogP contribution in [0.2, 0.25) is 10.0 Å². The quantitative estimate of drug-likeness (QED) is 0.336. The number of hydrogen-bond acceptors (Lipinski definition) is 6. The average molecular weight is 500 g/mol. The van der Waals surface area contributed by atoms with Crippen molar-refractivity contribution in [2.45, 2.75) is 16.3 Å². The third kappa shape index (κ3) is 4.55. The molecule has 3 rings (SSSR count). The summed E-state index contributed by atoms with van der Waals surface area (Å²) >= 11 is 21.5. The molecule has 2 aliphatic rings. The Morgan fingerprint density at radius 3 is 2.75 bits per heavy atom. The number of amides is 2. The number of carboxylic acids is 1. The van der Waals surface area contributed by atoms with Gasteiger partial charge in [-0.2, -0.15) is 0 Å². The van der Waals surface area contributed by atoms with Crippen LogP contribution >= 0.6 is 70.1 Å². The van der Waals surface area contributed by atoms with Gasteiger partial charge in [-0.1, -0.05) is 23.2 Å². The van der Waals surface area contributed by atoms with Gasteiger partial charge in [-0.15, -0.1) is 46.9 Å². The van der Waals surface area contributed by atoms with E-state index >= 15 is 0 Å². The molecular formula is C16H13Cl3N2O4S3. The molecule has 0 radical (unpaired) electrons. The topological polar surface area (TPSA) is 86.7 Å². The molecule has 0 bridgehead atoms. The number of halogens is 3. The summed E-state index contributed by atoms with van der Waals surface area (Å²) in [7, 11) is 0. The maximum Gasteiger partial charge on any atom is 0.353 e. The van der Waals surface area contributed by atoms with Gasteiger partial charge in [0.15, 0.2) is 0 Å². The standard InChI is InChI=1S/C16H13Cl3N2O4S3/c17-6-28-10-4-27-15-12(14(23)21(15)13(10)16(24)25)20-11(22)5-26-9-3-7(18)1-2-8(9)19/h1-3,12,15H,4-6H2,(H,20,22)(H,24,25)/t12-,15-/m1/s1. The first-order valence-electron chi connectivity index (χ1n) is 7.80. The fraction of sp³-hybridized carbons (Fsp3) is 0.312. The highest BCUT2D eigenvalue weighted by atomic mass is 35.5. The molecule has 1 aromatic rings. The second kappa shape index (κ2) is 9.40. The number of carbonyl (C=O) groups is 3. The summed E-state index contributed by atoms with van der Waals surface area (Å²) in [5, 5.41) is 12.9. The van der Waals surface area contributed by atoms with Crippen LogP contribution in [0.5, 0.6) is 0 Å². The third-order valence-electron chi connectivity index (χ3n) is 3.93. The number of rotatable bonds is 7. The van der Waals surface area contributed by atoms with Gasteiger partial charge < -0.3 is 10.4 Å². The van der Waals surface area contributed by atoms with Crippen molar-refractivity contribution in [2.75, 3.05) is 16.7 Å². The van der Waals surface area contributed by atoms with E-state index < -0.39 is 23.3 Å². The third-order valence-corrected chi connectivity index (χ3v) is 8.25. The van der Waals surface area contributed by atoms with Crippen molar-refractivity contribution in [3.05, 3.63) is 38.8 Å². The zero-order valence-electron chi connectivity index (χ0n) is 14.0. The van der Waals surface area contributed by atoms with Gasteiger partial charge in [0, 0.05) is 20.6 Å². The Bertz CT molecular complexity index is 868. The normalized spacial score (nSPS) is 21.2. The molecule has 12 heteroatoms. The Hall–Kier alpha value is -0.710. The molecule has 0 saturated carbocycles. The number of aliphatic carboxylic acids is 1. The van der Waals surface area contributed by atoms with Gasteiger partial charge in [0.1, 0.15) is 17.1 Å². The molecule has 2 atom stereocenters. The summed E-state index contributed by atoms with van der Waals surface area (Å²) in [5.74, 6) is -1.49. The second-order valence-electron chi connectivity index (χ2n) is 5.65. The lowest BCUT2D eigenvalue weighted by atomic mass is 10.1. The fourth-order valence-electron chi connectivity index (χ4n) is 2.71. The SMILES string of the molecule is O=C(CSc1cc(Cl)ccc1Cl)N[C@@H]1C(=O)N2C(C(=O)O)=C(SCCl)CS[C@H]12. The van der Waals surface area contributed by atoms with Gasteiger partial charge in [-0.3, -0.25) is 14.5 Å². The van der Waals surface area contributed by atoms with Gasteiger partial charge in [0.05, 0.1) is 16.0 Å². The van der Waals surface area contributed by atoms with Crippen LogP contribution in [0.1, 0.15) is 0 Å². The summed E-state index contributed by atoms with van der Waals surface area (Å²) < 4.78 is 0. The van der Waals surface area contributed by atoms with Gasteiger partial charge in [0.2, 0.25) is 5.91 Å². The number of alkyl halides is 1. The van der Waals surface area contributed by atoms with E-state index in [1.54, 1.807) is 18.2 Å². The van der Waals surface area contributed by atoms with Crippen LogP contribution in [0.3, 0.4) is 0 Å². The molecule has 2 heterocycles. The van der Waals surface area contributed by atoms with E-state index in [9.17, 15) is 19.5 Å². The fourth-order valence-corrected chi connectivity index (χ4v) is 6.60. The van der Waals surface area contributed by atoms with Gasteiger partial charge in [0.25, 0.3) is 5.91 Å². The molecule has 2 aliphatic heterocycles. The van der Waals surface area contributed by atoms with Crippen molar-refractivity contribution in [1.82, 2.24) is 10.2 Å². The molecule has 1 saturated heterocycles.